The molecule has 0 aliphatic carbocycles. The van der Waals surface area contributed by atoms with Crippen LogP contribution in [-0.2, 0) is 4.79 Å². The molecule has 1 aromatic heterocycles. The number of nitriles is 1. The SMILES string of the molecule is COc1cc(-c2cc(-c3ccc(F)c(OC)c3F)nc(N)c2C#N)cc(OC)c1O.O=CO. The summed E-state index contributed by atoms with van der Waals surface area (Å²) in [6.45, 7) is -0.250. The highest BCUT2D eigenvalue weighted by Gasteiger charge is 2.21. The highest BCUT2D eigenvalue weighted by atomic mass is 19.1. The second-order valence-corrected chi connectivity index (χ2v) is 6.20. The molecular formula is C22H19F2N3O6. The van der Waals surface area contributed by atoms with E-state index >= 15 is 0 Å². The Balaban J connectivity index is 0.00000122. The summed E-state index contributed by atoms with van der Waals surface area (Å²) >= 11 is 0. The highest BCUT2D eigenvalue weighted by Crippen LogP contribution is 2.42. The highest BCUT2D eigenvalue weighted by molar-refractivity contribution is 5.82. The number of aromatic nitrogens is 1. The van der Waals surface area contributed by atoms with Crippen LogP contribution in [0.2, 0.25) is 0 Å². The van der Waals surface area contributed by atoms with E-state index in [1.54, 1.807) is 0 Å². The number of hydrogen-bond acceptors (Lipinski definition) is 8. The van der Waals surface area contributed by atoms with E-state index in [4.69, 9.17) is 29.8 Å². The molecular weight excluding hydrogens is 440 g/mol. The number of halogens is 2. The summed E-state index contributed by atoms with van der Waals surface area (Å²) < 4.78 is 43.6. The maximum atomic E-state index is 14.8. The van der Waals surface area contributed by atoms with Crippen LogP contribution in [-0.4, -0.2) is 43.0 Å². The number of rotatable bonds is 5. The number of methoxy groups -OCH3 is 3. The number of pyridine rings is 1. The van der Waals surface area contributed by atoms with Crippen molar-refractivity contribution < 1.29 is 38.0 Å². The number of nitrogens with two attached hydrogens (primary N) is 1. The second-order valence-electron chi connectivity index (χ2n) is 6.20. The molecule has 2 aromatic carbocycles. The number of carbonyl (C=O) groups is 1. The first-order chi connectivity index (χ1) is 15.8. The van der Waals surface area contributed by atoms with E-state index in [-0.39, 0.29) is 46.4 Å². The first kappa shape index (κ1) is 24.7. The first-order valence-electron chi connectivity index (χ1n) is 9.03. The molecule has 0 aliphatic rings. The summed E-state index contributed by atoms with van der Waals surface area (Å²) in [4.78, 5) is 12.5. The molecule has 0 aliphatic heterocycles. The quantitative estimate of drug-likeness (QED) is 0.487. The Morgan fingerprint density at radius 3 is 2.12 bits per heavy atom. The van der Waals surface area contributed by atoms with Crippen molar-refractivity contribution in [2.75, 3.05) is 27.1 Å². The van der Waals surface area contributed by atoms with Gasteiger partial charge in [-0.3, -0.25) is 4.79 Å². The minimum absolute atomic E-state index is 0.0306. The number of anilines is 1. The normalized spacial score (nSPS) is 9.82. The van der Waals surface area contributed by atoms with Gasteiger partial charge in [0.05, 0.1) is 27.0 Å². The zero-order valence-electron chi connectivity index (χ0n) is 17.7. The lowest BCUT2D eigenvalue weighted by atomic mass is 9.97. The summed E-state index contributed by atoms with van der Waals surface area (Å²) in [6.07, 6.45) is 0. The van der Waals surface area contributed by atoms with Gasteiger partial charge in [0.2, 0.25) is 5.75 Å². The number of benzene rings is 2. The molecule has 1 heterocycles. The summed E-state index contributed by atoms with van der Waals surface area (Å²) in [6, 6.07) is 8.57. The van der Waals surface area contributed by atoms with E-state index < -0.39 is 17.4 Å². The zero-order chi connectivity index (χ0) is 24.7. The fourth-order valence-corrected chi connectivity index (χ4v) is 3.01. The summed E-state index contributed by atoms with van der Waals surface area (Å²) in [5.74, 6) is -2.57. The molecule has 3 aromatic rings. The van der Waals surface area contributed by atoms with Crippen LogP contribution in [0.25, 0.3) is 22.4 Å². The number of carboxylic acid groups (broad SMARTS) is 1. The van der Waals surface area contributed by atoms with Crippen molar-refractivity contribution in [1.82, 2.24) is 4.98 Å². The number of ether oxygens (including phenoxy) is 3. The van der Waals surface area contributed by atoms with Gasteiger partial charge in [0.1, 0.15) is 17.5 Å². The van der Waals surface area contributed by atoms with E-state index in [1.807, 2.05) is 6.07 Å². The number of aromatic hydroxyl groups is 1. The van der Waals surface area contributed by atoms with Crippen molar-refractivity contribution in [2.45, 2.75) is 0 Å². The maximum absolute atomic E-state index is 14.8. The fraction of sp³-hybridized carbons (Fsp3) is 0.136. The molecule has 0 saturated carbocycles. The van der Waals surface area contributed by atoms with E-state index in [1.165, 1.54) is 38.5 Å². The second kappa shape index (κ2) is 10.6. The van der Waals surface area contributed by atoms with Gasteiger partial charge in [0.25, 0.3) is 6.47 Å². The molecule has 33 heavy (non-hydrogen) atoms. The number of nitrogen functional groups attached to an aromatic ring is 1. The Morgan fingerprint density at radius 2 is 1.64 bits per heavy atom. The van der Waals surface area contributed by atoms with Crippen LogP contribution >= 0.6 is 0 Å². The molecule has 172 valence electrons. The van der Waals surface area contributed by atoms with Crippen molar-refractivity contribution >= 4 is 12.3 Å². The van der Waals surface area contributed by atoms with Gasteiger partial charge in [-0.25, -0.2) is 13.8 Å². The zero-order valence-corrected chi connectivity index (χ0v) is 17.7. The van der Waals surface area contributed by atoms with E-state index in [9.17, 15) is 19.1 Å². The third-order valence-electron chi connectivity index (χ3n) is 4.48. The number of nitrogens with zero attached hydrogens (tertiary/aromatic N) is 2. The molecule has 0 unspecified atom stereocenters. The number of phenolic OH excluding ortho intramolecular Hbond substituents is 1. The van der Waals surface area contributed by atoms with E-state index in [2.05, 4.69) is 4.98 Å². The van der Waals surface area contributed by atoms with Crippen LogP contribution in [0.3, 0.4) is 0 Å². The lowest BCUT2D eigenvalue weighted by Gasteiger charge is -2.15. The predicted octanol–water partition coefficient (Wildman–Crippen LogP) is 3.58. The van der Waals surface area contributed by atoms with Gasteiger partial charge in [0, 0.05) is 11.1 Å². The Morgan fingerprint density at radius 1 is 1.06 bits per heavy atom. The summed E-state index contributed by atoms with van der Waals surface area (Å²) in [5, 5.41) is 26.6. The van der Waals surface area contributed by atoms with Gasteiger partial charge in [0.15, 0.2) is 28.9 Å². The third-order valence-corrected chi connectivity index (χ3v) is 4.48. The van der Waals surface area contributed by atoms with Crippen LogP contribution in [0.4, 0.5) is 14.6 Å². The van der Waals surface area contributed by atoms with Gasteiger partial charge in [-0.1, -0.05) is 0 Å². The molecule has 3 rings (SSSR count). The summed E-state index contributed by atoms with van der Waals surface area (Å²) in [7, 11) is 3.86. The minimum atomic E-state index is -0.957. The Kier molecular flexibility index (Phi) is 7.95. The molecule has 0 bridgehead atoms. The van der Waals surface area contributed by atoms with E-state index in [0.717, 1.165) is 13.2 Å². The molecule has 0 saturated heterocycles. The maximum Gasteiger partial charge on any atom is 0.290 e. The van der Waals surface area contributed by atoms with Gasteiger partial charge in [-0.05, 0) is 35.9 Å². The topological polar surface area (TPSA) is 148 Å². The fourth-order valence-electron chi connectivity index (χ4n) is 3.01. The van der Waals surface area contributed by atoms with Gasteiger partial charge < -0.3 is 30.2 Å². The molecule has 4 N–H and O–H groups in total. The van der Waals surface area contributed by atoms with Crippen molar-refractivity contribution in [2.24, 2.45) is 0 Å². The predicted molar refractivity (Wildman–Crippen MR) is 114 cm³/mol. The van der Waals surface area contributed by atoms with Crippen LogP contribution in [0.5, 0.6) is 23.0 Å². The van der Waals surface area contributed by atoms with Crippen LogP contribution in [0, 0.1) is 23.0 Å². The van der Waals surface area contributed by atoms with Crippen molar-refractivity contribution in [3.63, 3.8) is 0 Å². The minimum Gasteiger partial charge on any atom is -0.502 e. The van der Waals surface area contributed by atoms with Gasteiger partial charge in [-0.15, -0.1) is 0 Å². The van der Waals surface area contributed by atoms with Gasteiger partial charge in [-0.2, -0.15) is 5.26 Å². The Labute approximate surface area is 187 Å². The first-order valence-corrected chi connectivity index (χ1v) is 9.03. The lowest BCUT2D eigenvalue weighted by molar-refractivity contribution is -0.122. The average Bonchev–Trinajstić information content (AvgIpc) is 2.79. The standard InChI is InChI=1S/C21H17F2N3O4.CH2O2/c1-28-16-6-10(7-17(29-2)19(16)27)12-8-15(26-21(25)13(12)9-24)11-4-5-14(22)20(30-3)18(11)23;2-1-3/h4-8,27H,1-3H3,(H2,25,26);1H,(H,2,3). The molecule has 11 heteroatoms. The molecule has 9 nitrogen and oxygen atoms in total. The van der Waals surface area contributed by atoms with Crippen molar-refractivity contribution in [3.05, 3.63) is 47.5 Å². The average molecular weight is 459 g/mol. The monoisotopic (exact) mass is 459 g/mol. The van der Waals surface area contributed by atoms with Crippen LogP contribution in [0.1, 0.15) is 5.56 Å². The lowest BCUT2D eigenvalue weighted by Crippen LogP contribution is -2.02. The molecule has 0 fully saturated rings. The van der Waals surface area contributed by atoms with Gasteiger partial charge >= 0.3 is 0 Å². The molecule has 0 atom stereocenters. The largest absolute Gasteiger partial charge is 0.502 e. The van der Waals surface area contributed by atoms with Crippen molar-refractivity contribution in [3.8, 4) is 51.5 Å². The van der Waals surface area contributed by atoms with Crippen LogP contribution < -0.4 is 19.9 Å². The molecule has 0 spiro atoms. The Bertz CT molecular complexity index is 1200. The molecule has 0 amide bonds. The van der Waals surface area contributed by atoms with Crippen molar-refractivity contribution in [1.29, 1.82) is 5.26 Å². The Hall–Kier alpha value is -4.59. The summed E-state index contributed by atoms with van der Waals surface area (Å²) in [5.41, 5.74) is 6.68. The third kappa shape index (κ3) is 4.85. The number of hydrogen-bond donors (Lipinski definition) is 3. The van der Waals surface area contributed by atoms with E-state index in [0.29, 0.717) is 11.1 Å². The smallest absolute Gasteiger partial charge is 0.290 e. The van der Waals surface area contributed by atoms with Crippen LogP contribution in [0.15, 0.2) is 30.3 Å². The number of phenols is 1. The molecule has 0 radical (unpaired) electrons.